The third kappa shape index (κ3) is 1.82. The van der Waals surface area contributed by atoms with E-state index in [1.807, 2.05) is 0 Å². The second-order valence-corrected chi connectivity index (χ2v) is 4.56. The molecule has 0 aliphatic carbocycles. The van der Waals surface area contributed by atoms with Crippen LogP contribution >= 0.6 is 0 Å². The van der Waals surface area contributed by atoms with Crippen molar-refractivity contribution in [1.29, 1.82) is 0 Å². The lowest BCUT2D eigenvalue weighted by Gasteiger charge is -2.09. The largest absolute Gasteiger partial charge is 0.417 e. The van der Waals surface area contributed by atoms with Crippen molar-refractivity contribution in [3.8, 4) is 11.3 Å². The van der Waals surface area contributed by atoms with E-state index in [4.69, 9.17) is 5.73 Å². The number of fused-ring (bicyclic) bond motifs is 1. The van der Waals surface area contributed by atoms with Gasteiger partial charge in [-0.2, -0.15) is 18.3 Å². The molecule has 3 aromatic rings. The van der Waals surface area contributed by atoms with Crippen molar-refractivity contribution in [2.45, 2.75) is 13.1 Å². The highest BCUT2D eigenvalue weighted by Crippen LogP contribution is 2.40. The average Bonchev–Trinajstić information content (AvgIpc) is 2.89. The molecule has 2 heterocycles. The smallest absolute Gasteiger partial charge is 0.382 e. The summed E-state index contributed by atoms with van der Waals surface area (Å²) in [5.41, 5.74) is 6.81. The molecule has 0 bridgehead atoms. The van der Waals surface area contributed by atoms with Crippen LogP contribution < -0.4 is 5.73 Å². The maximum Gasteiger partial charge on any atom is 0.417 e. The molecule has 0 fully saturated rings. The van der Waals surface area contributed by atoms with Crippen molar-refractivity contribution in [3.05, 3.63) is 35.5 Å². The zero-order chi connectivity index (χ0) is 14.5. The summed E-state index contributed by atoms with van der Waals surface area (Å²) >= 11 is 0. The van der Waals surface area contributed by atoms with Gasteiger partial charge in [-0.25, -0.2) is 0 Å². The number of halogens is 3. The highest BCUT2D eigenvalue weighted by atomic mass is 19.4. The van der Waals surface area contributed by atoms with Crippen LogP contribution in [0.4, 0.5) is 19.0 Å². The SMILES string of the molecule is Cc1[nH]c2cccc(C(F)(F)F)c2c1-c1cc(N)n[nH]1. The fraction of sp³-hybridized carbons (Fsp3) is 0.154. The van der Waals surface area contributed by atoms with E-state index in [1.165, 1.54) is 12.1 Å². The fourth-order valence-electron chi connectivity index (χ4n) is 2.42. The van der Waals surface area contributed by atoms with Gasteiger partial charge in [0.15, 0.2) is 0 Å². The minimum atomic E-state index is -4.42. The summed E-state index contributed by atoms with van der Waals surface area (Å²) in [6, 6.07) is 5.58. The van der Waals surface area contributed by atoms with Gasteiger partial charge in [0.05, 0.1) is 11.3 Å². The summed E-state index contributed by atoms with van der Waals surface area (Å²) in [5.74, 6) is 0.234. The number of aromatic amines is 2. The number of aromatic nitrogens is 3. The Balaban J connectivity index is 2.40. The topological polar surface area (TPSA) is 70.5 Å². The van der Waals surface area contributed by atoms with Crippen LogP contribution in [0, 0.1) is 6.92 Å². The van der Waals surface area contributed by atoms with E-state index in [-0.39, 0.29) is 11.2 Å². The summed E-state index contributed by atoms with van der Waals surface area (Å²) in [6.45, 7) is 1.71. The first-order valence-corrected chi connectivity index (χ1v) is 5.87. The number of aryl methyl sites for hydroxylation is 1. The first-order chi connectivity index (χ1) is 9.38. The van der Waals surface area contributed by atoms with Gasteiger partial charge in [-0.3, -0.25) is 5.10 Å². The third-order valence-corrected chi connectivity index (χ3v) is 3.18. The van der Waals surface area contributed by atoms with E-state index in [0.717, 1.165) is 6.07 Å². The predicted octanol–water partition coefficient (Wildman–Crippen LogP) is 3.47. The third-order valence-electron chi connectivity index (χ3n) is 3.18. The second-order valence-electron chi connectivity index (χ2n) is 4.56. The Hall–Kier alpha value is -2.44. The Morgan fingerprint density at radius 3 is 2.60 bits per heavy atom. The van der Waals surface area contributed by atoms with Gasteiger partial charge in [-0.1, -0.05) is 6.07 Å². The molecule has 0 unspecified atom stereocenters. The van der Waals surface area contributed by atoms with E-state index in [9.17, 15) is 13.2 Å². The molecule has 4 nitrogen and oxygen atoms in total. The molecule has 2 aromatic heterocycles. The summed E-state index contributed by atoms with van der Waals surface area (Å²) in [6.07, 6.45) is -4.42. The van der Waals surface area contributed by atoms with Crippen molar-refractivity contribution in [1.82, 2.24) is 15.2 Å². The van der Waals surface area contributed by atoms with Crippen LogP contribution in [0.1, 0.15) is 11.3 Å². The first-order valence-electron chi connectivity index (χ1n) is 5.87. The molecule has 20 heavy (non-hydrogen) atoms. The second kappa shape index (κ2) is 4.03. The van der Waals surface area contributed by atoms with Gasteiger partial charge >= 0.3 is 6.18 Å². The van der Waals surface area contributed by atoms with Crippen LogP contribution in [-0.2, 0) is 6.18 Å². The van der Waals surface area contributed by atoms with Gasteiger partial charge < -0.3 is 10.7 Å². The van der Waals surface area contributed by atoms with Crippen LogP contribution in [-0.4, -0.2) is 15.2 Å². The maximum absolute atomic E-state index is 13.2. The molecule has 0 radical (unpaired) electrons. The van der Waals surface area contributed by atoms with Crippen molar-refractivity contribution < 1.29 is 13.2 Å². The van der Waals surface area contributed by atoms with Crippen molar-refractivity contribution in [2.75, 3.05) is 5.73 Å². The lowest BCUT2D eigenvalue weighted by Crippen LogP contribution is -2.05. The Morgan fingerprint density at radius 2 is 2.00 bits per heavy atom. The van der Waals surface area contributed by atoms with E-state index >= 15 is 0 Å². The zero-order valence-corrected chi connectivity index (χ0v) is 10.5. The van der Waals surface area contributed by atoms with Crippen LogP contribution in [0.3, 0.4) is 0 Å². The monoisotopic (exact) mass is 280 g/mol. The summed E-state index contributed by atoms with van der Waals surface area (Å²) in [7, 11) is 0. The van der Waals surface area contributed by atoms with E-state index in [2.05, 4.69) is 15.2 Å². The van der Waals surface area contributed by atoms with Gasteiger partial charge in [0.25, 0.3) is 0 Å². The number of H-pyrrole nitrogens is 2. The van der Waals surface area contributed by atoms with E-state index in [1.54, 1.807) is 13.0 Å². The Labute approximate surface area is 111 Å². The number of alkyl halides is 3. The molecular formula is C13H11F3N4. The number of hydrogen-bond acceptors (Lipinski definition) is 2. The summed E-state index contributed by atoms with van der Waals surface area (Å²) < 4.78 is 39.5. The molecular weight excluding hydrogens is 269 g/mol. The normalized spacial score (nSPS) is 12.2. The number of anilines is 1. The highest BCUT2D eigenvalue weighted by Gasteiger charge is 2.34. The molecule has 4 N–H and O–H groups in total. The van der Waals surface area contributed by atoms with Crippen molar-refractivity contribution in [2.24, 2.45) is 0 Å². The molecule has 7 heteroatoms. The standard InChI is InChI=1S/C13H11F3N4/c1-6-11(9-5-10(17)20-19-9)12-7(13(14,15)16)3-2-4-8(12)18-6/h2-5,18H,1H3,(H3,17,19,20). The van der Waals surface area contributed by atoms with Crippen LogP contribution in [0.5, 0.6) is 0 Å². The van der Waals surface area contributed by atoms with Gasteiger partial charge in [0.1, 0.15) is 5.82 Å². The number of nitrogens with zero attached hydrogens (tertiary/aromatic N) is 1. The van der Waals surface area contributed by atoms with Gasteiger partial charge in [-0.05, 0) is 19.1 Å². The number of hydrogen-bond donors (Lipinski definition) is 3. The average molecular weight is 280 g/mol. The molecule has 0 spiro atoms. The molecule has 0 aliphatic heterocycles. The molecule has 0 saturated heterocycles. The van der Waals surface area contributed by atoms with Gasteiger partial charge in [-0.15, -0.1) is 0 Å². The van der Waals surface area contributed by atoms with E-state index < -0.39 is 11.7 Å². The first kappa shape index (κ1) is 12.6. The zero-order valence-electron chi connectivity index (χ0n) is 10.5. The lowest BCUT2D eigenvalue weighted by atomic mass is 10.0. The molecule has 0 atom stereocenters. The van der Waals surface area contributed by atoms with Crippen molar-refractivity contribution >= 4 is 16.7 Å². The molecule has 104 valence electrons. The Bertz CT molecular complexity index is 783. The minimum absolute atomic E-state index is 0.126. The molecule has 0 aliphatic rings. The number of rotatable bonds is 1. The van der Waals surface area contributed by atoms with Crippen LogP contribution in [0.15, 0.2) is 24.3 Å². The Morgan fingerprint density at radius 1 is 1.25 bits per heavy atom. The quantitative estimate of drug-likeness (QED) is 0.638. The number of nitrogens with two attached hydrogens (primary N) is 1. The maximum atomic E-state index is 13.2. The molecule has 0 amide bonds. The van der Waals surface area contributed by atoms with Crippen LogP contribution in [0.2, 0.25) is 0 Å². The highest BCUT2D eigenvalue weighted by molar-refractivity contribution is 5.99. The minimum Gasteiger partial charge on any atom is -0.382 e. The Kier molecular flexibility index (Phi) is 2.53. The lowest BCUT2D eigenvalue weighted by molar-refractivity contribution is -0.136. The number of benzene rings is 1. The molecule has 1 aromatic carbocycles. The molecule has 0 saturated carbocycles. The summed E-state index contributed by atoms with van der Waals surface area (Å²) in [5, 5.41) is 6.55. The molecule has 3 rings (SSSR count). The predicted molar refractivity (Wildman–Crippen MR) is 70.0 cm³/mol. The van der Waals surface area contributed by atoms with E-state index in [0.29, 0.717) is 22.5 Å². The number of nitrogens with one attached hydrogen (secondary N) is 2. The van der Waals surface area contributed by atoms with Crippen molar-refractivity contribution in [3.63, 3.8) is 0 Å². The summed E-state index contributed by atoms with van der Waals surface area (Å²) in [4.78, 5) is 2.96. The van der Waals surface area contributed by atoms with Gasteiger partial charge in [0, 0.05) is 28.2 Å². The van der Waals surface area contributed by atoms with Crippen LogP contribution in [0.25, 0.3) is 22.2 Å². The van der Waals surface area contributed by atoms with Gasteiger partial charge in [0.2, 0.25) is 0 Å². The fourth-order valence-corrected chi connectivity index (χ4v) is 2.42. The number of nitrogen functional groups attached to an aromatic ring is 1.